The van der Waals surface area contributed by atoms with E-state index in [9.17, 15) is 9.59 Å². The van der Waals surface area contributed by atoms with Crippen LogP contribution in [-0.2, 0) is 16.1 Å². The Morgan fingerprint density at radius 1 is 1.31 bits per heavy atom. The number of rotatable bonds is 7. The Hall–Kier alpha value is -2.03. The molecule has 8 heteroatoms. The largest absolute Gasteiger partial charge is 0.370 e. The average molecular weight is 377 g/mol. The molecule has 1 aliphatic rings. The number of nitrogens with one attached hydrogen (secondary N) is 3. The molecule has 0 bridgehead atoms. The molecule has 1 fully saturated rings. The quantitative estimate of drug-likeness (QED) is 0.464. The Morgan fingerprint density at radius 3 is 2.88 bits per heavy atom. The Kier molecular flexibility index (Phi) is 6.54. The molecule has 0 aliphatic carbocycles. The van der Waals surface area contributed by atoms with Crippen molar-refractivity contribution in [3.05, 3.63) is 39.4 Å². The number of morpholine rings is 1. The topological polar surface area (TPSA) is 80.6 Å². The van der Waals surface area contributed by atoms with Gasteiger partial charge in [0.05, 0.1) is 30.7 Å². The van der Waals surface area contributed by atoms with E-state index >= 15 is 0 Å². The zero-order chi connectivity index (χ0) is 18.4. The molecule has 2 heterocycles. The van der Waals surface area contributed by atoms with E-state index in [1.807, 2.05) is 18.2 Å². The number of fused-ring (bicyclic) bond motifs is 1. The van der Waals surface area contributed by atoms with Gasteiger partial charge in [-0.25, -0.2) is 0 Å². The molecule has 140 valence electrons. The highest BCUT2D eigenvalue weighted by Crippen LogP contribution is 2.06. The second kappa shape index (κ2) is 9.07. The van der Waals surface area contributed by atoms with Gasteiger partial charge in [-0.3, -0.25) is 14.2 Å². The van der Waals surface area contributed by atoms with Crippen molar-refractivity contribution in [2.24, 2.45) is 0 Å². The molecule has 2 aromatic rings. The van der Waals surface area contributed by atoms with E-state index in [-0.39, 0.29) is 24.4 Å². The smallest absolute Gasteiger partial charge is 0.262 e. The maximum absolute atomic E-state index is 12.5. The van der Waals surface area contributed by atoms with Gasteiger partial charge >= 0.3 is 0 Å². The third kappa shape index (κ3) is 4.78. The first-order valence-electron chi connectivity index (χ1n) is 9.05. The van der Waals surface area contributed by atoms with E-state index in [4.69, 9.17) is 17.0 Å². The van der Waals surface area contributed by atoms with Crippen molar-refractivity contribution < 1.29 is 14.4 Å². The van der Waals surface area contributed by atoms with Gasteiger partial charge in [0.1, 0.15) is 13.1 Å². The van der Waals surface area contributed by atoms with E-state index in [1.165, 1.54) is 9.47 Å². The molecule has 1 aromatic heterocycles. The predicted molar refractivity (Wildman–Crippen MR) is 102 cm³/mol. The monoisotopic (exact) mass is 377 g/mol. The Balaban J connectivity index is 1.48. The normalized spacial score (nSPS) is 15.2. The number of ether oxygens (including phenoxy) is 1. The van der Waals surface area contributed by atoms with Crippen molar-refractivity contribution in [1.82, 2.24) is 14.9 Å². The number of hydrogen-bond donors (Lipinski definition) is 3. The average Bonchev–Trinajstić information content (AvgIpc) is 2.66. The number of nitrogens with zero attached hydrogens (tertiary/aromatic N) is 1. The summed E-state index contributed by atoms with van der Waals surface area (Å²) in [4.78, 5) is 29.2. The van der Waals surface area contributed by atoms with Crippen LogP contribution in [0, 0.1) is 4.77 Å². The summed E-state index contributed by atoms with van der Waals surface area (Å²) in [5.41, 5.74) is 0.557. The molecule has 1 aromatic carbocycles. The Bertz CT molecular complexity index is 871. The first kappa shape index (κ1) is 18.8. The van der Waals surface area contributed by atoms with Gasteiger partial charge < -0.3 is 19.9 Å². The predicted octanol–water partition coefficient (Wildman–Crippen LogP) is -0.129. The molecule has 3 N–H and O–H groups in total. The maximum Gasteiger partial charge on any atom is 0.262 e. The molecule has 0 saturated carbocycles. The number of aromatic amines is 1. The maximum atomic E-state index is 12.5. The molecule has 0 radical (unpaired) electrons. The summed E-state index contributed by atoms with van der Waals surface area (Å²) in [7, 11) is 0. The number of hydrogen-bond acceptors (Lipinski definition) is 4. The first-order valence-corrected chi connectivity index (χ1v) is 9.46. The van der Waals surface area contributed by atoms with Crippen molar-refractivity contribution in [1.29, 1.82) is 0 Å². The highest BCUT2D eigenvalue weighted by atomic mass is 32.1. The summed E-state index contributed by atoms with van der Waals surface area (Å²) >= 11 is 5.26. The SMILES string of the molecule is O=C(CCn1c(=S)[nH]c2ccccc2c1=O)NCCC[NH+]1CCOCC1. The standard InChI is InChI=1S/C18H24N4O3S/c23-16(19-7-3-8-21-10-12-25-13-11-21)6-9-22-17(24)14-4-1-2-5-15(14)20-18(22)26/h1-2,4-5H,3,6-13H2,(H,19,23)(H,20,26)/p+1. The summed E-state index contributed by atoms with van der Waals surface area (Å²) in [6, 6.07) is 7.24. The van der Waals surface area contributed by atoms with Crippen molar-refractivity contribution in [3.63, 3.8) is 0 Å². The highest BCUT2D eigenvalue weighted by molar-refractivity contribution is 7.71. The van der Waals surface area contributed by atoms with E-state index in [0.717, 1.165) is 39.3 Å². The fraction of sp³-hybridized carbons (Fsp3) is 0.500. The first-order chi connectivity index (χ1) is 12.6. The summed E-state index contributed by atoms with van der Waals surface area (Å²) in [6.07, 6.45) is 1.18. The minimum atomic E-state index is -0.159. The zero-order valence-corrected chi connectivity index (χ0v) is 15.6. The van der Waals surface area contributed by atoms with Crippen molar-refractivity contribution in [2.45, 2.75) is 19.4 Å². The second-order valence-corrected chi connectivity index (χ2v) is 6.89. The van der Waals surface area contributed by atoms with Crippen LogP contribution in [0.2, 0.25) is 0 Å². The van der Waals surface area contributed by atoms with E-state index < -0.39 is 0 Å². The van der Waals surface area contributed by atoms with Crippen LogP contribution in [0.15, 0.2) is 29.1 Å². The number of para-hydroxylation sites is 1. The van der Waals surface area contributed by atoms with Crippen LogP contribution < -0.4 is 15.8 Å². The molecule has 0 atom stereocenters. The summed E-state index contributed by atoms with van der Waals surface area (Å²) in [5.74, 6) is -0.0589. The lowest BCUT2D eigenvalue weighted by Crippen LogP contribution is -3.14. The van der Waals surface area contributed by atoms with Gasteiger partial charge in [-0.1, -0.05) is 12.1 Å². The molecular weight excluding hydrogens is 352 g/mol. The lowest BCUT2D eigenvalue weighted by molar-refractivity contribution is -0.908. The van der Waals surface area contributed by atoms with Gasteiger partial charge in [0.15, 0.2) is 4.77 Å². The molecule has 0 unspecified atom stereocenters. The van der Waals surface area contributed by atoms with E-state index in [0.29, 0.717) is 22.2 Å². The molecule has 1 amide bonds. The second-order valence-electron chi connectivity index (χ2n) is 6.50. The minimum Gasteiger partial charge on any atom is -0.370 e. The van der Waals surface area contributed by atoms with Crippen molar-refractivity contribution in [2.75, 3.05) is 39.4 Å². The summed E-state index contributed by atoms with van der Waals surface area (Å²) < 4.78 is 7.13. The summed E-state index contributed by atoms with van der Waals surface area (Å²) in [5, 5.41) is 3.50. The number of carbonyl (C=O) groups is 1. The lowest BCUT2D eigenvalue weighted by Gasteiger charge is -2.23. The van der Waals surface area contributed by atoms with Crippen molar-refractivity contribution in [3.8, 4) is 0 Å². The van der Waals surface area contributed by atoms with E-state index in [2.05, 4.69) is 10.3 Å². The van der Waals surface area contributed by atoms with Crippen LogP contribution in [-0.4, -0.2) is 54.9 Å². The van der Waals surface area contributed by atoms with Gasteiger partial charge in [0, 0.05) is 25.9 Å². The third-order valence-corrected chi connectivity index (χ3v) is 5.00. The van der Waals surface area contributed by atoms with Crippen LogP contribution in [0.3, 0.4) is 0 Å². The fourth-order valence-electron chi connectivity index (χ4n) is 3.18. The number of carbonyl (C=O) groups excluding carboxylic acids is 1. The zero-order valence-electron chi connectivity index (χ0n) is 14.8. The van der Waals surface area contributed by atoms with Crippen molar-refractivity contribution >= 4 is 29.0 Å². The molecular formula is C18H25N4O3S+. The van der Waals surface area contributed by atoms with Gasteiger partial charge in [-0.05, 0) is 24.4 Å². The van der Waals surface area contributed by atoms with Gasteiger partial charge in [-0.2, -0.15) is 0 Å². The Labute approximate surface area is 157 Å². The molecule has 3 rings (SSSR count). The van der Waals surface area contributed by atoms with Crippen LogP contribution in [0.25, 0.3) is 10.9 Å². The number of amides is 1. The third-order valence-electron chi connectivity index (χ3n) is 4.68. The van der Waals surface area contributed by atoms with Gasteiger partial charge in [0.25, 0.3) is 5.56 Å². The Morgan fingerprint density at radius 2 is 2.08 bits per heavy atom. The number of quaternary nitrogens is 1. The van der Waals surface area contributed by atoms with Crippen LogP contribution in [0.4, 0.5) is 0 Å². The van der Waals surface area contributed by atoms with Gasteiger partial charge in [0.2, 0.25) is 5.91 Å². The molecule has 26 heavy (non-hydrogen) atoms. The molecule has 1 aliphatic heterocycles. The molecule has 1 saturated heterocycles. The highest BCUT2D eigenvalue weighted by Gasteiger charge is 2.13. The molecule has 7 nitrogen and oxygen atoms in total. The number of benzene rings is 1. The van der Waals surface area contributed by atoms with Crippen LogP contribution in [0.1, 0.15) is 12.8 Å². The van der Waals surface area contributed by atoms with Gasteiger partial charge in [-0.15, -0.1) is 0 Å². The number of aromatic nitrogens is 2. The van der Waals surface area contributed by atoms with Crippen LogP contribution in [0.5, 0.6) is 0 Å². The van der Waals surface area contributed by atoms with Crippen LogP contribution >= 0.6 is 12.2 Å². The molecule has 0 spiro atoms. The number of H-pyrrole nitrogens is 1. The van der Waals surface area contributed by atoms with E-state index in [1.54, 1.807) is 6.07 Å². The summed E-state index contributed by atoms with van der Waals surface area (Å²) in [6.45, 7) is 5.69. The minimum absolute atomic E-state index is 0.0589. The lowest BCUT2D eigenvalue weighted by atomic mass is 10.2. The fourth-order valence-corrected chi connectivity index (χ4v) is 3.46.